The van der Waals surface area contributed by atoms with Gasteiger partial charge in [0.1, 0.15) is 6.61 Å². The Kier molecular flexibility index (Phi) is 4.96. The Labute approximate surface area is 115 Å². The first-order chi connectivity index (χ1) is 9.29. The van der Waals surface area contributed by atoms with Crippen molar-refractivity contribution in [3.05, 3.63) is 52.0 Å². The van der Waals surface area contributed by atoms with E-state index in [1.807, 2.05) is 11.4 Å². The van der Waals surface area contributed by atoms with Gasteiger partial charge in [0.2, 0.25) is 0 Å². The van der Waals surface area contributed by atoms with Crippen LogP contribution in [0.2, 0.25) is 0 Å². The van der Waals surface area contributed by atoms with Crippen molar-refractivity contribution in [2.45, 2.75) is 13.0 Å². The number of hydrogen-bond donors (Lipinski definition) is 1. The van der Waals surface area contributed by atoms with E-state index in [2.05, 4.69) is 11.8 Å². The van der Waals surface area contributed by atoms with E-state index in [-0.39, 0.29) is 18.2 Å². The molecule has 0 saturated heterocycles. The number of ether oxygens (including phenoxy) is 1. The second-order valence-electron chi connectivity index (χ2n) is 3.80. The molecule has 2 aromatic rings. The van der Waals surface area contributed by atoms with Gasteiger partial charge in [-0.05, 0) is 18.2 Å². The van der Waals surface area contributed by atoms with Crippen molar-refractivity contribution in [1.82, 2.24) is 0 Å². The van der Waals surface area contributed by atoms with Gasteiger partial charge in [0.05, 0.1) is 6.61 Å². The lowest BCUT2D eigenvalue weighted by atomic mass is 10.3. The molecule has 0 spiro atoms. The van der Waals surface area contributed by atoms with E-state index in [9.17, 15) is 4.39 Å². The van der Waals surface area contributed by atoms with E-state index in [4.69, 9.17) is 9.84 Å². The first kappa shape index (κ1) is 13.6. The largest absolute Gasteiger partial charge is 0.485 e. The molecule has 0 saturated carbocycles. The zero-order valence-electron chi connectivity index (χ0n) is 10.2. The highest BCUT2D eigenvalue weighted by molar-refractivity contribution is 7.10. The van der Waals surface area contributed by atoms with Gasteiger partial charge in [0, 0.05) is 22.2 Å². The third-order valence-electron chi connectivity index (χ3n) is 2.33. The maximum absolute atomic E-state index is 13.3. The van der Waals surface area contributed by atoms with Crippen molar-refractivity contribution in [1.29, 1.82) is 0 Å². The van der Waals surface area contributed by atoms with Crippen molar-refractivity contribution < 1.29 is 14.2 Å². The summed E-state index contributed by atoms with van der Waals surface area (Å²) >= 11 is 1.52. The second kappa shape index (κ2) is 6.93. The van der Waals surface area contributed by atoms with Crippen LogP contribution in [0.5, 0.6) is 5.75 Å². The van der Waals surface area contributed by atoms with Crippen LogP contribution in [0.15, 0.2) is 35.7 Å². The van der Waals surface area contributed by atoms with Crippen molar-refractivity contribution in [3.63, 3.8) is 0 Å². The van der Waals surface area contributed by atoms with Gasteiger partial charge >= 0.3 is 0 Å². The molecular weight excluding hydrogens is 263 g/mol. The van der Waals surface area contributed by atoms with Gasteiger partial charge in [-0.15, -0.1) is 11.3 Å². The predicted molar refractivity (Wildman–Crippen MR) is 73.6 cm³/mol. The molecule has 0 bridgehead atoms. The van der Waals surface area contributed by atoms with Gasteiger partial charge in [0.25, 0.3) is 0 Å². The van der Waals surface area contributed by atoms with Crippen LogP contribution in [0.25, 0.3) is 0 Å². The molecule has 0 amide bonds. The highest BCUT2D eigenvalue weighted by atomic mass is 32.1. The van der Waals surface area contributed by atoms with E-state index in [0.717, 1.165) is 10.4 Å². The van der Waals surface area contributed by atoms with Gasteiger partial charge in [-0.2, -0.15) is 0 Å². The number of hydrogen-bond acceptors (Lipinski definition) is 3. The van der Waals surface area contributed by atoms with E-state index in [1.165, 1.54) is 17.4 Å². The van der Waals surface area contributed by atoms with Crippen LogP contribution in [0, 0.1) is 17.7 Å². The number of thiophene rings is 1. The van der Waals surface area contributed by atoms with Crippen LogP contribution >= 0.6 is 11.3 Å². The van der Waals surface area contributed by atoms with Crippen LogP contribution in [-0.4, -0.2) is 11.7 Å². The lowest BCUT2D eigenvalue weighted by molar-refractivity contribution is 0.293. The average molecular weight is 276 g/mol. The number of para-hydroxylation sites is 1. The van der Waals surface area contributed by atoms with E-state index >= 15 is 0 Å². The van der Waals surface area contributed by atoms with Crippen molar-refractivity contribution in [2.24, 2.45) is 0 Å². The van der Waals surface area contributed by atoms with Crippen molar-refractivity contribution in [3.8, 4) is 17.6 Å². The number of aliphatic hydroxyl groups excluding tert-OH is 1. The molecule has 0 fully saturated rings. The quantitative estimate of drug-likeness (QED) is 0.869. The molecular formula is C15H13FO2S. The van der Waals surface area contributed by atoms with Gasteiger partial charge in [0.15, 0.2) is 11.6 Å². The highest BCUT2D eigenvalue weighted by Gasteiger charge is 2.03. The average Bonchev–Trinajstić information content (AvgIpc) is 2.86. The topological polar surface area (TPSA) is 29.5 Å². The van der Waals surface area contributed by atoms with Crippen LogP contribution < -0.4 is 4.74 Å². The summed E-state index contributed by atoms with van der Waals surface area (Å²) in [7, 11) is 0. The summed E-state index contributed by atoms with van der Waals surface area (Å²) in [5.41, 5.74) is 0.894. The van der Waals surface area contributed by atoms with Crippen LogP contribution in [0.1, 0.15) is 16.9 Å². The summed E-state index contributed by atoms with van der Waals surface area (Å²) in [6.07, 6.45) is 0.469. The lowest BCUT2D eigenvalue weighted by Crippen LogP contribution is -1.94. The Bertz CT molecular complexity index is 595. The predicted octanol–water partition coefficient (Wildman–Crippen LogP) is 3.20. The molecule has 0 unspecified atom stereocenters. The van der Waals surface area contributed by atoms with Crippen molar-refractivity contribution in [2.75, 3.05) is 6.61 Å². The Morgan fingerprint density at radius 2 is 2.16 bits per heavy atom. The molecule has 0 aliphatic rings. The minimum absolute atomic E-state index is 0.0698. The zero-order valence-corrected chi connectivity index (χ0v) is 11.0. The third-order valence-corrected chi connectivity index (χ3v) is 3.24. The van der Waals surface area contributed by atoms with E-state index in [1.54, 1.807) is 18.2 Å². The number of aliphatic hydroxyl groups is 1. The summed E-state index contributed by atoms with van der Waals surface area (Å²) in [5.74, 6) is 5.69. The molecule has 1 aromatic heterocycles. The molecule has 19 heavy (non-hydrogen) atoms. The Morgan fingerprint density at radius 1 is 1.32 bits per heavy atom. The standard InChI is InChI=1S/C15H13FO2S/c16-14-6-1-2-7-15(14)18-10-13-9-12(11-19-13)5-3-4-8-17/h1-2,6-7,9,11,17H,4,8,10H2. The van der Waals surface area contributed by atoms with Crippen LogP contribution in [0.4, 0.5) is 4.39 Å². The fourth-order valence-electron chi connectivity index (χ4n) is 1.45. The normalized spacial score (nSPS) is 9.79. The van der Waals surface area contributed by atoms with E-state index < -0.39 is 0 Å². The smallest absolute Gasteiger partial charge is 0.165 e. The molecule has 0 atom stereocenters. The first-order valence-corrected chi connectivity index (χ1v) is 6.72. The zero-order chi connectivity index (χ0) is 13.5. The first-order valence-electron chi connectivity index (χ1n) is 5.84. The van der Waals surface area contributed by atoms with Crippen LogP contribution in [-0.2, 0) is 6.61 Å². The Hall–Kier alpha value is -1.83. The molecule has 98 valence electrons. The number of benzene rings is 1. The minimum Gasteiger partial charge on any atom is -0.485 e. The summed E-state index contributed by atoms with van der Waals surface area (Å²) in [5, 5.41) is 10.6. The summed E-state index contributed by atoms with van der Waals surface area (Å²) in [4.78, 5) is 0.983. The third kappa shape index (κ3) is 4.09. The fourth-order valence-corrected chi connectivity index (χ4v) is 2.18. The molecule has 0 radical (unpaired) electrons. The summed E-state index contributed by atoms with van der Waals surface area (Å²) < 4.78 is 18.7. The van der Waals surface area contributed by atoms with Crippen molar-refractivity contribution >= 4 is 11.3 Å². The van der Waals surface area contributed by atoms with Gasteiger partial charge in [-0.1, -0.05) is 24.0 Å². The monoisotopic (exact) mass is 276 g/mol. The molecule has 0 aliphatic carbocycles. The molecule has 1 heterocycles. The summed E-state index contributed by atoms with van der Waals surface area (Å²) in [6.45, 7) is 0.396. The second-order valence-corrected chi connectivity index (χ2v) is 4.79. The molecule has 4 heteroatoms. The molecule has 1 N–H and O–H groups in total. The highest BCUT2D eigenvalue weighted by Crippen LogP contribution is 2.20. The lowest BCUT2D eigenvalue weighted by Gasteiger charge is -2.04. The fraction of sp³-hybridized carbons (Fsp3) is 0.200. The van der Waals surface area contributed by atoms with E-state index in [0.29, 0.717) is 13.0 Å². The SMILES string of the molecule is OCCC#Cc1csc(COc2ccccc2F)c1. The summed E-state index contributed by atoms with van der Waals surface area (Å²) in [6, 6.07) is 8.25. The maximum atomic E-state index is 13.3. The number of rotatable bonds is 4. The Morgan fingerprint density at radius 3 is 2.95 bits per heavy atom. The molecule has 1 aromatic carbocycles. The minimum atomic E-state index is -0.359. The molecule has 2 nitrogen and oxygen atoms in total. The van der Waals surface area contributed by atoms with Crippen LogP contribution in [0.3, 0.4) is 0 Å². The van der Waals surface area contributed by atoms with Gasteiger partial charge in [-0.3, -0.25) is 0 Å². The molecule has 0 aliphatic heterocycles. The number of halogens is 1. The van der Waals surface area contributed by atoms with Gasteiger partial charge in [-0.25, -0.2) is 4.39 Å². The Balaban J connectivity index is 1.94. The molecule has 2 rings (SSSR count). The van der Waals surface area contributed by atoms with Gasteiger partial charge < -0.3 is 9.84 Å². The maximum Gasteiger partial charge on any atom is 0.165 e.